The van der Waals surface area contributed by atoms with Gasteiger partial charge < -0.3 is 15.6 Å². The topological polar surface area (TPSA) is 56.9 Å². The van der Waals surface area contributed by atoms with E-state index in [1.54, 1.807) is 0 Å². The number of rotatable bonds is 6. The molecule has 1 aromatic rings. The number of hydrogen-bond donors (Lipinski definition) is 3. The molecular weight excluding hydrogens is 278 g/mol. The molecule has 6 heteroatoms. The van der Waals surface area contributed by atoms with Crippen LogP contribution >= 0.6 is 24.0 Å². The maximum absolute atomic E-state index is 11.8. The molecule has 4 nitrogen and oxygen atoms in total. The number of H-pyrrole nitrogens is 1. The number of pyridine rings is 1. The Morgan fingerprint density at radius 2 is 2.16 bits per heavy atom. The second kappa shape index (κ2) is 8.22. The minimum absolute atomic E-state index is 0.0461. The predicted octanol–water partition coefficient (Wildman–Crippen LogP) is 1.71. The molecule has 0 saturated carbocycles. The van der Waals surface area contributed by atoms with Crippen molar-refractivity contribution in [2.45, 2.75) is 26.8 Å². The van der Waals surface area contributed by atoms with Crippen LogP contribution in [0.5, 0.6) is 0 Å². The van der Waals surface area contributed by atoms with Gasteiger partial charge in [-0.25, -0.2) is 0 Å². The van der Waals surface area contributed by atoms with E-state index in [0.29, 0.717) is 11.7 Å². The monoisotopic (exact) mass is 299 g/mol. The lowest BCUT2D eigenvalue weighted by Crippen LogP contribution is -2.37. The van der Waals surface area contributed by atoms with Crippen molar-refractivity contribution in [1.29, 1.82) is 0 Å². The Labute approximate surface area is 123 Å². The molecule has 0 aliphatic carbocycles. The molecule has 1 aromatic heterocycles. The first-order valence-electron chi connectivity index (χ1n) is 6.24. The van der Waals surface area contributed by atoms with Gasteiger partial charge >= 0.3 is 0 Å². The normalized spacial score (nSPS) is 10.3. The summed E-state index contributed by atoms with van der Waals surface area (Å²) in [6, 6.07) is 1.97. The Morgan fingerprint density at radius 1 is 1.42 bits per heavy atom. The molecule has 0 unspecified atom stereocenters. The van der Waals surface area contributed by atoms with Gasteiger partial charge in [0.25, 0.3) is 5.56 Å². The van der Waals surface area contributed by atoms with E-state index in [4.69, 9.17) is 12.2 Å². The summed E-state index contributed by atoms with van der Waals surface area (Å²) < 4.78 is 0. The van der Waals surface area contributed by atoms with Gasteiger partial charge in [-0.15, -0.1) is 0 Å². The van der Waals surface area contributed by atoms with Crippen LogP contribution in [0.15, 0.2) is 10.9 Å². The molecule has 0 amide bonds. The van der Waals surface area contributed by atoms with Gasteiger partial charge in [-0.1, -0.05) is 0 Å². The third-order valence-corrected chi connectivity index (χ3v) is 3.72. The molecule has 0 aliphatic rings. The summed E-state index contributed by atoms with van der Waals surface area (Å²) in [7, 11) is 0. The van der Waals surface area contributed by atoms with Crippen molar-refractivity contribution in [3.05, 3.63) is 33.2 Å². The molecule has 0 bridgehead atoms. The minimum Gasteiger partial charge on any atom is -0.363 e. The standard InChI is InChI=1S/C13H21N3OS2/c1-9-7-10(2)16-12(17)11(9)8-15-13(18)14-5-4-6-19-3/h7H,4-6,8H2,1-3H3,(H,16,17)(H2,14,15,18). The number of hydrogen-bond acceptors (Lipinski definition) is 3. The summed E-state index contributed by atoms with van der Waals surface area (Å²) in [5.41, 5.74) is 2.55. The highest BCUT2D eigenvalue weighted by Gasteiger charge is 2.05. The lowest BCUT2D eigenvalue weighted by atomic mass is 10.1. The van der Waals surface area contributed by atoms with Gasteiger partial charge in [0.2, 0.25) is 0 Å². The van der Waals surface area contributed by atoms with Crippen molar-refractivity contribution in [3.8, 4) is 0 Å². The number of nitrogens with one attached hydrogen (secondary N) is 3. The van der Waals surface area contributed by atoms with Gasteiger partial charge in [0, 0.05) is 24.3 Å². The first kappa shape index (κ1) is 16.0. The first-order chi connectivity index (χ1) is 9.04. The van der Waals surface area contributed by atoms with Crippen molar-refractivity contribution in [3.63, 3.8) is 0 Å². The Balaban J connectivity index is 2.44. The van der Waals surface area contributed by atoms with E-state index in [1.165, 1.54) is 0 Å². The van der Waals surface area contributed by atoms with Crippen molar-refractivity contribution < 1.29 is 0 Å². The zero-order valence-electron chi connectivity index (χ0n) is 11.6. The Kier molecular flexibility index (Phi) is 6.94. The lowest BCUT2D eigenvalue weighted by Gasteiger charge is -2.11. The van der Waals surface area contributed by atoms with E-state index in [-0.39, 0.29) is 5.56 Å². The first-order valence-corrected chi connectivity index (χ1v) is 8.05. The number of thioether (sulfide) groups is 1. The quantitative estimate of drug-likeness (QED) is 0.551. The Bertz CT molecular complexity index is 485. The van der Waals surface area contributed by atoms with Crippen LogP contribution in [0, 0.1) is 13.8 Å². The summed E-state index contributed by atoms with van der Waals surface area (Å²) in [5, 5.41) is 6.80. The zero-order valence-corrected chi connectivity index (χ0v) is 13.3. The largest absolute Gasteiger partial charge is 0.363 e. The highest BCUT2D eigenvalue weighted by molar-refractivity contribution is 7.98. The van der Waals surface area contributed by atoms with Crippen LogP contribution in [0.25, 0.3) is 0 Å². The van der Waals surface area contributed by atoms with Crippen molar-refractivity contribution in [1.82, 2.24) is 15.6 Å². The van der Waals surface area contributed by atoms with Crippen LogP contribution < -0.4 is 16.2 Å². The van der Waals surface area contributed by atoms with Gasteiger partial charge in [0.1, 0.15) is 0 Å². The van der Waals surface area contributed by atoms with E-state index in [2.05, 4.69) is 21.9 Å². The van der Waals surface area contributed by atoms with Crippen molar-refractivity contribution in [2.24, 2.45) is 0 Å². The second-order valence-corrected chi connectivity index (χ2v) is 5.79. The maximum Gasteiger partial charge on any atom is 0.253 e. The van der Waals surface area contributed by atoms with E-state index in [0.717, 1.165) is 35.5 Å². The summed E-state index contributed by atoms with van der Waals surface area (Å²) in [4.78, 5) is 14.6. The molecule has 0 saturated heterocycles. The van der Waals surface area contributed by atoms with E-state index in [9.17, 15) is 4.79 Å². The van der Waals surface area contributed by atoms with Gasteiger partial charge in [-0.2, -0.15) is 11.8 Å². The predicted molar refractivity (Wildman–Crippen MR) is 87.0 cm³/mol. The molecular formula is C13H21N3OS2. The number of aromatic amines is 1. The Morgan fingerprint density at radius 3 is 2.79 bits per heavy atom. The number of aromatic nitrogens is 1. The van der Waals surface area contributed by atoms with Crippen molar-refractivity contribution >= 4 is 29.1 Å². The highest BCUT2D eigenvalue weighted by atomic mass is 32.2. The fourth-order valence-electron chi connectivity index (χ4n) is 1.75. The van der Waals surface area contributed by atoms with Gasteiger partial charge in [-0.3, -0.25) is 4.79 Å². The average molecular weight is 299 g/mol. The molecule has 106 valence electrons. The molecule has 1 rings (SSSR count). The summed E-state index contributed by atoms with van der Waals surface area (Å²) in [5.74, 6) is 1.12. The molecule has 1 heterocycles. The zero-order chi connectivity index (χ0) is 14.3. The third kappa shape index (κ3) is 5.65. The molecule has 0 fully saturated rings. The van der Waals surface area contributed by atoms with Crippen LogP contribution in [0.2, 0.25) is 0 Å². The van der Waals surface area contributed by atoms with Gasteiger partial charge in [0.15, 0.2) is 5.11 Å². The Hall–Kier alpha value is -1.01. The second-order valence-electron chi connectivity index (χ2n) is 4.40. The summed E-state index contributed by atoms with van der Waals surface area (Å²) in [6.45, 7) is 5.13. The van der Waals surface area contributed by atoms with E-state index >= 15 is 0 Å². The van der Waals surface area contributed by atoms with Crippen LogP contribution in [-0.2, 0) is 6.54 Å². The number of thiocarbonyl (C=S) groups is 1. The van der Waals surface area contributed by atoms with E-state index in [1.807, 2.05) is 31.7 Å². The molecule has 0 radical (unpaired) electrons. The van der Waals surface area contributed by atoms with Crippen LogP contribution in [0.4, 0.5) is 0 Å². The van der Waals surface area contributed by atoms with Crippen LogP contribution in [0.3, 0.4) is 0 Å². The molecule has 3 N–H and O–H groups in total. The third-order valence-electron chi connectivity index (χ3n) is 2.73. The van der Waals surface area contributed by atoms with Crippen molar-refractivity contribution in [2.75, 3.05) is 18.6 Å². The van der Waals surface area contributed by atoms with E-state index < -0.39 is 0 Å². The SMILES string of the molecule is CSCCCNC(=S)NCc1c(C)cc(C)[nH]c1=O. The highest BCUT2D eigenvalue weighted by Crippen LogP contribution is 2.02. The lowest BCUT2D eigenvalue weighted by molar-refractivity contribution is 0.796. The molecule has 0 atom stereocenters. The van der Waals surface area contributed by atoms with Gasteiger partial charge in [0.05, 0.1) is 0 Å². The fourth-order valence-corrected chi connectivity index (χ4v) is 2.36. The van der Waals surface area contributed by atoms with Gasteiger partial charge in [-0.05, 0) is 56.1 Å². The van der Waals surface area contributed by atoms with Crippen LogP contribution in [0.1, 0.15) is 23.2 Å². The smallest absolute Gasteiger partial charge is 0.253 e. The maximum atomic E-state index is 11.8. The molecule has 19 heavy (non-hydrogen) atoms. The fraction of sp³-hybridized carbons (Fsp3) is 0.538. The molecule has 0 spiro atoms. The number of aryl methyl sites for hydroxylation is 2. The van der Waals surface area contributed by atoms with Crippen LogP contribution in [-0.4, -0.2) is 28.6 Å². The average Bonchev–Trinajstić information content (AvgIpc) is 2.33. The minimum atomic E-state index is -0.0461. The molecule has 0 aliphatic heterocycles. The molecule has 0 aromatic carbocycles. The summed E-state index contributed by atoms with van der Waals surface area (Å²) >= 11 is 6.99. The summed E-state index contributed by atoms with van der Waals surface area (Å²) in [6.07, 6.45) is 3.16.